The first-order valence-corrected chi connectivity index (χ1v) is 12.1. The number of hydrogen-bond donors (Lipinski definition) is 1. The Morgan fingerprint density at radius 3 is 2.46 bits per heavy atom. The average Bonchev–Trinajstić information content (AvgIpc) is 3.00. The molecule has 0 aliphatic carbocycles. The van der Waals surface area contributed by atoms with E-state index in [1.54, 1.807) is 34.3 Å². The van der Waals surface area contributed by atoms with Crippen molar-refractivity contribution in [2.45, 2.75) is 42.4 Å². The first-order chi connectivity index (χ1) is 13.5. The molecule has 2 aromatic carbocycles. The van der Waals surface area contributed by atoms with Crippen LogP contribution < -0.4 is 5.32 Å². The van der Waals surface area contributed by atoms with E-state index in [9.17, 15) is 13.2 Å². The SMILES string of the molecule is CCSc1ccccc1NC(=O)c1cccc(S(=O)(=O)N2CCCCCC2)c1. The Labute approximate surface area is 171 Å². The van der Waals surface area contributed by atoms with Gasteiger partial charge >= 0.3 is 0 Å². The lowest BCUT2D eigenvalue weighted by Crippen LogP contribution is -2.32. The Balaban J connectivity index is 1.82. The molecule has 3 rings (SSSR count). The summed E-state index contributed by atoms with van der Waals surface area (Å²) in [7, 11) is -3.58. The van der Waals surface area contributed by atoms with Gasteiger partial charge in [-0.2, -0.15) is 4.31 Å². The van der Waals surface area contributed by atoms with Gasteiger partial charge < -0.3 is 5.32 Å². The molecule has 0 bridgehead atoms. The zero-order valence-corrected chi connectivity index (χ0v) is 17.7. The Morgan fingerprint density at radius 2 is 1.75 bits per heavy atom. The summed E-state index contributed by atoms with van der Waals surface area (Å²) in [4.78, 5) is 13.9. The van der Waals surface area contributed by atoms with Crippen molar-refractivity contribution in [2.24, 2.45) is 0 Å². The number of para-hydroxylation sites is 1. The molecule has 28 heavy (non-hydrogen) atoms. The number of carbonyl (C=O) groups is 1. The number of carbonyl (C=O) groups excluding carboxylic acids is 1. The molecule has 0 spiro atoms. The van der Waals surface area contributed by atoms with Crippen LogP contribution in [0.15, 0.2) is 58.3 Å². The lowest BCUT2D eigenvalue weighted by Gasteiger charge is -2.20. The van der Waals surface area contributed by atoms with Crippen molar-refractivity contribution in [2.75, 3.05) is 24.2 Å². The van der Waals surface area contributed by atoms with Crippen molar-refractivity contribution in [3.63, 3.8) is 0 Å². The maximum Gasteiger partial charge on any atom is 0.255 e. The number of thioether (sulfide) groups is 1. The normalized spacial score (nSPS) is 15.8. The Kier molecular flexibility index (Phi) is 7.15. The summed E-state index contributed by atoms with van der Waals surface area (Å²) in [6.07, 6.45) is 3.88. The highest BCUT2D eigenvalue weighted by molar-refractivity contribution is 7.99. The van der Waals surface area contributed by atoms with Gasteiger partial charge in [-0.25, -0.2) is 8.42 Å². The highest BCUT2D eigenvalue weighted by Gasteiger charge is 2.25. The number of amides is 1. The van der Waals surface area contributed by atoms with Crippen molar-refractivity contribution in [1.82, 2.24) is 4.31 Å². The molecule has 0 radical (unpaired) electrons. The lowest BCUT2D eigenvalue weighted by molar-refractivity contribution is 0.102. The van der Waals surface area contributed by atoms with Crippen molar-refractivity contribution in [3.8, 4) is 0 Å². The van der Waals surface area contributed by atoms with Crippen LogP contribution in [-0.2, 0) is 10.0 Å². The van der Waals surface area contributed by atoms with E-state index in [0.717, 1.165) is 42.0 Å². The molecule has 150 valence electrons. The predicted octanol–water partition coefficient (Wildman–Crippen LogP) is 4.62. The van der Waals surface area contributed by atoms with Crippen LogP contribution in [0.4, 0.5) is 5.69 Å². The number of benzene rings is 2. The van der Waals surface area contributed by atoms with Crippen LogP contribution >= 0.6 is 11.8 Å². The van der Waals surface area contributed by atoms with Crippen LogP contribution in [0.25, 0.3) is 0 Å². The maximum atomic E-state index is 13.0. The highest BCUT2D eigenvalue weighted by atomic mass is 32.2. The molecule has 1 saturated heterocycles. The molecule has 1 fully saturated rings. The Morgan fingerprint density at radius 1 is 1.04 bits per heavy atom. The van der Waals surface area contributed by atoms with Gasteiger partial charge in [0, 0.05) is 23.5 Å². The number of hydrogen-bond acceptors (Lipinski definition) is 4. The van der Waals surface area contributed by atoms with Crippen molar-refractivity contribution < 1.29 is 13.2 Å². The van der Waals surface area contributed by atoms with Gasteiger partial charge in [-0.3, -0.25) is 4.79 Å². The first kappa shape index (κ1) is 20.9. The summed E-state index contributed by atoms with van der Waals surface area (Å²) in [6, 6.07) is 13.9. The number of nitrogens with one attached hydrogen (secondary N) is 1. The Bertz CT molecular complexity index is 921. The zero-order chi connectivity index (χ0) is 20.0. The standard InChI is InChI=1S/C21H26N2O3S2/c1-2-27-20-13-6-5-12-19(20)22-21(24)17-10-9-11-18(16-17)28(25,26)23-14-7-3-4-8-15-23/h5-6,9-13,16H,2-4,7-8,14-15H2,1H3,(H,22,24). The molecule has 0 atom stereocenters. The summed E-state index contributed by atoms with van der Waals surface area (Å²) in [6.45, 7) is 3.14. The molecular formula is C21H26N2O3S2. The van der Waals surface area contributed by atoms with E-state index in [2.05, 4.69) is 12.2 Å². The zero-order valence-electron chi connectivity index (χ0n) is 16.1. The van der Waals surface area contributed by atoms with Gasteiger partial charge in [-0.1, -0.05) is 38.0 Å². The molecule has 1 aliphatic heterocycles. The summed E-state index contributed by atoms with van der Waals surface area (Å²) >= 11 is 1.65. The molecule has 1 amide bonds. The van der Waals surface area contributed by atoms with E-state index < -0.39 is 10.0 Å². The molecular weight excluding hydrogens is 392 g/mol. The molecule has 7 heteroatoms. The van der Waals surface area contributed by atoms with Gasteiger partial charge in [0.1, 0.15) is 0 Å². The minimum atomic E-state index is -3.58. The third-order valence-electron chi connectivity index (χ3n) is 4.73. The third kappa shape index (κ3) is 4.96. The van der Waals surface area contributed by atoms with Crippen molar-refractivity contribution in [1.29, 1.82) is 0 Å². The van der Waals surface area contributed by atoms with E-state index in [4.69, 9.17) is 0 Å². The van der Waals surface area contributed by atoms with Gasteiger partial charge in [0.25, 0.3) is 5.91 Å². The summed E-state index contributed by atoms with van der Waals surface area (Å²) in [5, 5.41) is 2.91. The fourth-order valence-corrected chi connectivity index (χ4v) is 5.60. The molecule has 0 saturated carbocycles. The number of sulfonamides is 1. The molecule has 2 aromatic rings. The predicted molar refractivity (Wildman–Crippen MR) is 114 cm³/mol. The quantitative estimate of drug-likeness (QED) is 0.696. The monoisotopic (exact) mass is 418 g/mol. The van der Waals surface area contributed by atoms with Crippen LogP contribution in [0.1, 0.15) is 43.0 Å². The van der Waals surface area contributed by atoms with Gasteiger partial charge in [0.2, 0.25) is 10.0 Å². The maximum absolute atomic E-state index is 13.0. The van der Waals surface area contributed by atoms with Crippen LogP contribution in [0.3, 0.4) is 0 Å². The number of rotatable bonds is 6. The smallest absolute Gasteiger partial charge is 0.255 e. The fourth-order valence-electron chi connectivity index (χ4n) is 3.27. The molecule has 1 N–H and O–H groups in total. The Hall–Kier alpha value is -1.83. The van der Waals surface area contributed by atoms with Crippen molar-refractivity contribution >= 4 is 33.4 Å². The lowest BCUT2D eigenvalue weighted by atomic mass is 10.2. The van der Waals surface area contributed by atoms with E-state index in [0.29, 0.717) is 18.7 Å². The fraction of sp³-hybridized carbons (Fsp3) is 0.381. The second kappa shape index (κ2) is 9.58. The largest absolute Gasteiger partial charge is 0.321 e. The molecule has 0 unspecified atom stereocenters. The van der Waals surface area contributed by atoms with Gasteiger partial charge in [-0.05, 0) is 48.9 Å². The van der Waals surface area contributed by atoms with E-state index >= 15 is 0 Å². The minimum absolute atomic E-state index is 0.179. The second-order valence-electron chi connectivity index (χ2n) is 6.73. The van der Waals surface area contributed by atoms with Crippen molar-refractivity contribution in [3.05, 3.63) is 54.1 Å². The molecule has 5 nitrogen and oxygen atoms in total. The molecule has 0 aromatic heterocycles. The summed E-state index contributed by atoms with van der Waals surface area (Å²) in [5.74, 6) is 0.591. The van der Waals surface area contributed by atoms with E-state index in [1.807, 2.05) is 24.3 Å². The van der Waals surface area contributed by atoms with Gasteiger partial charge in [0.05, 0.1) is 10.6 Å². The van der Waals surface area contributed by atoms with Gasteiger partial charge in [0.15, 0.2) is 0 Å². The van der Waals surface area contributed by atoms with E-state index in [-0.39, 0.29) is 10.8 Å². The third-order valence-corrected chi connectivity index (χ3v) is 7.58. The first-order valence-electron chi connectivity index (χ1n) is 9.66. The minimum Gasteiger partial charge on any atom is -0.321 e. The number of anilines is 1. The highest BCUT2D eigenvalue weighted by Crippen LogP contribution is 2.27. The van der Waals surface area contributed by atoms with Crippen LogP contribution in [-0.4, -0.2) is 37.5 Å². The molecule has 1 aliphatic rings. The van der Waals surface area contributed by atoms with Crippen LogP contribution in [0.5, 0.6) is 0 Å². The van der Waals surface area contributed by atoms with E-state index in [1.165, 1.54) is 6.07 Å². The van der Waals surface area contributed by atoms with Crippen LogP contribution in [0.2, 0.25) is 0 Å². The average molecular weight is 419 g/mol. The van der Waals surface area contributed by atoms with Crippen LogP contribution in [0, 0.1) is 0 Å². The number of nitrogens with zero attached hydrogens (tertiary/aromatic N) is 1. The van der Waals surface area contributed by atoms with Gasteiger partial charge in [-0.15, -0.1) is 11.8 Å². The summed E-state index contributed by atoms with van der Waals surface area (Å²) < 4.78 is 27.6. The topological polar surface area (TPSA) is 66.5 Å². The molecule has 1 heterocycles. The second-order valence-corrected chi connectivity index (χ2v) is 9.97. The summed E-state index contributed by atoms with van der Waals surface area (Å²) in [5.41, 5.74) is 1.08.